The highest BCUT2D eigenvalue weighted by Crippen LogP contribution is 2.16. The first kappa shape index (κ1) is 70.3. The van der Waals surface area contributed by atoms with Gasteiger partial charge in [-0.15, -0.1) is 0 Å². The number of esters is 3. The summed E-state index contributed by atoms with van der Waals surface area (Å²) in [6.07, 6.45) is 82.6. The van der Waals surface area contributed by atoms with E-state index < -0.39 is 6.10 Å². The van der Waals surface area contributed by atoms with Gasteiger partial charge in [-0.05, 0) is 96.3 Å². The molecule has 0 aromatic carbocycles. The predicted molar refractivity (Wildman–Crippen MR) is 320 cm³/mol. The molecule has 0 N–H and O–H groups in total. The summed E-state index contributed by atoms with van der Waals surface area (Å²) in [5, 5.41) is 0. The zero-order valence-corrected chi connectivity index (χ0v) is 48.6. The Morgan fingerprint density at radius 1 is 0.284 bits per heavy atom. The standard InChI is InChI=1S/C68H116O6/c1-4-7-10-13-16-19-22-25-28-31-33-34-36-37-40-43-46-49-52-55-58-61-67(70)73-64-65(63-72-66(69)60-57-54-51-48-45-42-39-30-27-24-21-18-15-12-9-6-3)74-68(71)62-59-56-53-50-47-44-41-38-35-32-29-26-23-20-17-14-11-8-5-2/h7-8,10-11,16-17,19-20,25-26,28-29,33-35,38,65H,4-6,9,12-15,18,21-24,27,30-32,36-37,39-64H2,1-3H3/b10-7-,11-8-,19-16-,20-17-,28-25-,29-26-,34-33-,38-35-. The number of carbonyl (C=O) groups excluding carboxylic acids is 3. The van der Waals surface area contributed by atoms with Crippen LogP contribution in [-0.4, -0.2) is 37.2 Å². The largest absolute Gasteiger partial charge is 0.462 e. The first-order valence-corrected chi connectivity index (χ1v) is 31.2. The van der Waals surface area contributed by atoms with Gasteiger partial charge in [-0.25, -0.2) is 0 Å². The highest BCUT2D eigenvalue weighted by Gasteiger charge is 2.19. The van der Waals surface area contributed by atoms with Crippen LogP contribution in [0.1, 0.15) is 297 Å². The number of unbranched alkanes of at least 4 members (excludes halogenated alkanes) is 29. The lowest BCUT2D eigenvalue weighted by Crippen LogP contribution is -2.30. The van der Waals surface area contributed by atoms with Gasteiger partial charge in [0, 0.05) is 19.3 Å². The topological polar surface area (TPSA) is 78.9 Å². The van der Waals surface area contributed by atoms with E-state index in [4.69, 9.17) is 14.2 Å². The number of hydrogen-bond acceptors (Lipinski definition) is 6. The molecule has 0 amide bonds. The van der Waals surface area contributed by atoms with Crippen LogP contribution in [0.5, 0.6) is 0 Å². The van der Waals surface area contributed by atoms with Crippen LogP contribution in [0.3, 0.4) is 0 Å². The molecule has 0 fully saturated rings. The van der Waals surface area contributed by atoms with Crippen LogP contribution in [0.25, 0.3) is 0 Å². The maximum absolute atomic E-state index is 12.9. The molecule has 0 rings (SSSR count). The molecule has 74 heavy (non-hydrogen) atoms. The molecule has 0 aliphatic carbocycles. The van der Waals surface area contributed by atoms with E-state index in [0.717, 1.165) is 128 Å². The van der Waals surface area contributed by atoms with Crippen LogP contribution in [0, 0.1) is 0 Å². The second-order valence-electron chi connectivity index (χ2n) is 20.6. The Bertz CT molecular complexity index is 1460. The molecule has 0 bridgehead atoms. The first-order chi connectivity index (χ1) is 36.5. The van der Waals surface area contributed by atoms with Crippen molar-refractivity contribution in [2.45, 2.75) is 303 Å². The van der Waals surface area contributed by atoms with Crippen LogP contribution in [0.15, 0.2) is 97.2 Å². The number of rotatable bonds is 56. The summed E-state index contributed by atoms with van der Waals surface area (Å²) in [5.41, 5.74) is 0. The van der Waals surface area contributed by atoms with Crippen molar-refractivity contribution in [1.29, 1.82) is 0 Å². The Balaban J connectivity index is 4.41. The van der Waals surface area contributed by atoms with Gasteiger partial charge in [-0.2, -0.15) is 0 Å². The van der Waals surface area contributed by atoms with Crippen molar-refractivity contribution in [3.05, 3.63) is 97.2 Å². The highest BCUT2D eigenvalue weighted by molar-refractivity contribution is 5.71. The average Bonchev–Trinajstić information content (AvgIpc) is 3.40. The molecule has 0 spiro atoms. The third-order valence-electron chi connectivity index (χ3n) is 13.3. The van der Waals surface area contributed by atoms with E-state index in [0.29, 0.717) is 19.3 Å². The second-order valence-corrected chi connectivity index (χ2v) is 20.6. The van der Waals surface area contributed by atoms with Crippen molar-refractivity contribution >= 4 is 17.9 Å². The number of ether oxygens (including phenoxy) is 3. The van der Waals surface area contributed by atoms with Crippen molar-refractivity contribution in [2.24, 2.45) is 0 Å². The molecule has 0 aliphatic rings. The predicted octanol–water partition coefficient (Wildman–Crippen LogP) is 21.3. The van der Waals surface area contributed by atoms with E-state index >= 15 is 0 Å². The summed E-state index contributed by atoms with van der Waals surface area (Å²) in [5.74, 6) is -0.895. The minimum atomic E-state index is -0.789. The van der Waals surface area contributed by atoms with Gasteiger partial charge in [-0.3, -0.25) is 14.4 Å². The minimum Gasteiger partial charge on any atom is -0.462 e. The van der Waals surface area contributed by atoms with Crippen LogP contribution in [0.2, 0.25) is 0 Å². The van der Waals surface area contributed by atoms with Gasteiger partial charge in [0.15, 0.2) is 6.10 Å². The molecule has 6 heteroatoms. The van der Waals surface area contributed by atoms with Crippen molar-refractivity contribution in [2.75, 3.05) is 13.2 Å². The lowest BCUT2D eigenvalue weighted by molar-refractivity contribution is -0.167. The lowest BCUT2D eigenvalue weighted by atomic mass is 10.0. The van der Waals surface area contributed by atoms with Crippen LogP contribution < -0.4 is 0 Å². The van der Waals surface area contributed by atoms with Gasteiger partial charge in [0.1, 0.15) is 13.2 Å². The molecule has 0 aliphatic heterocycles. The molecule has 1 unspecified atom stereocenters. The van der Waals surface area contributed by atoms with Gasteiger partial charge in [0.2, 0.25) is 0 Å². The molecule has 0 heterocycles. The van der Waals surface area contributed by atoms with E-state index in [1.807, 2.05) is 0 Å². The Morgan fingerprint density at radius 3 is 0.824 bits per heavy atom. The van der Waals surface area contributed by atoms with Crippen LogP contribution in [0.4, 0.5) is 0 Å². The first-order valence-electron chi connectivity index (χ1n) is 31.2. The molecule has 0 aromatic heterocycles. The van der Waals surface area contributed by atoms with E-state index in [1.54, 1.807) is 0 Å². The van der Waals surface area contributed by atoms with Crippen molar-refractivity contribution in [1.82, 2.24) is 0 Å². The number of hydrogen-bond donors (Lipinski definition) is 0. The zero-order valence-electron chi connectivity index (χ0n) is 48.6. The molecule has 424 valence electrons. The van der Waals surface area contributed by atoms with Crippen molar-refractivity contribution < 1.29 is 28.6 Å². The summed E-state index contributed by atoms with van der Waals surface area (Å²) in [7, 11) is 0. The molecule has 0 saturated heterocycles. The van der Waals surface area contributed by atoms with Crippen molar-refractivity contribution in [3.8, 4) is 0 Å². The summed E-state index contributed by atoms with van der Waals surface area (Å²) >= 11 is 0. The summed E-state index contributed by atoms with van der Waals surface area (Å²) in [4.78, 5) is 38.3. The van der Waals surface area contributed by atoms with Crippen molar-refractivity contribution in [3.63, 3.8) is 0 Å². The quantitative estimate of drug-likeness (QED) is 0.0261. The SMILES string of the molecule is CC/C=C\C/C=C\C/C=C\C/C=C\CCCCCCCCCCC(=O)OCC(COC(=O)CCCCCCCCCCCCCCCCCC)OC(=O)CCCCCCCC/C=C\C/C=C\C/C=C\C/C=C\CC. The fraction of sp³-hybridized carbons (Fsp3) is 0.721. The van der Waals surface area contributed by atoms with Crippen LogP contribution in [-0.2, 0) is 28.6 Å². The van der Waals surface area contributed by atoms with Gasteiger partial charge in [0.05, 0.1) is 0 Å². The molecule has 0 radical (unpaired) electrons. The van der Waals surface area contributed by atoms with E-state index in [9.17, 15) is 14.4 Å². The van der Waals surface area contributed by atoms with Gasteiger partial charge in [-0.1, -0.05) is 279 Å². The lowest BCUT2D eigenvalue weighted by Gasteiger charge is -2.18. The smallest absolute Gasteiger partial charge is 0.306 e. The number of carbonyl (C=O) groups is 3. The zero-order chi connectivity index (χ0) is 53.6. The molecular formula is C68H116O6. The third kappa shape index (κ3) is 59.2. The molecule has 6 nitrogen and oxygen atoms in total. The normalized spacial score (nSPS) is 12.7. The average molecular weight is 1030 g/mol. The highest BCUT2D eigenvalue weighted by atomic mass is 16.6. The van der Waals surface area contributed by atoms with Crippen LogP contribution >= 0.6 is 0 Å². The Labute approximate surface area is 457 Å². The summed E-state index contributed by atoms with van der Waals surface area (Å²) in [6, 6.07) is 0. The number of allylic oxidation sites excluding steroid dienone is 16. The monoisotopic (exact) mass is 1030 g/mol. The Kier molecular flexibility index (Phi) is 58.8. The van der Waals surface area contributed by atoms with E-state index in [-0.39, 0.29) is 31.1 Å². The Hall–Kier alpha value is -3.67. The fourth-order valence-corrected chi connectivity index (χ4v) is 8.72. The fourth-order valence-electron chi connectivity index (χ4n) is 8.72. The molecule has 1 atom stereocenters. The second kappa shape index (κ2) is 61.9. The maximum Gasteiger partial charge on any atom is 0.306 e. The summed E-state index contributed by atoms with van der Waals surface area (Å²) in [6.45, 7) is 6.43. The minimum absolute atomic E-state index is 0.0839. The summed E-state index contributed by atoms with van der Waals surface area (Å²) < 4.78 is 16.9. The molecular weight excluding hydrogens is 913 g/mol. The Morgan fingerprint density at radius 2 is 0.527 bits per heavy atom. The third-order valence-corrected chi connectivity index (χ3v) is 13.3. The van der Waals surface area contributed by atoms with Gasteiger partial charge in [0.25, 0.3) is 0 Å². The molecule has 0 saturated carbocycles. The maximum atomic E-state index is 12.9. The van der Waals surface area contributed by atoms with E-state index in [2.05, 4.69) is 118 Å². The molecule has 0 aromatic rings. The van der Waals surface area contributed by atoms with Gasteiger partial charge >= 0.3 is 17.9 Å². The van der Waals surface area contributed by atoms with Gasteiger partial charge < -0.3 is 14.2 Å². The van der Waals surface area contributed by atoms with E-state index in [1.165, 1.54) is 128 Å².